The predicted octanol–water partition coefficient (Wildman–Crippen LogP) is 10.0. The zero-order valence-corrected chi connectivity index (χ0v) is 22.2. The summed E-state index contributed by atoms with van der Waals surface area (Å²) in [6.07, 6.45) is 25.1. The lowest BCUT2D eigenvalue weighted by atomic mass is 9.89. The Morgan fingerprint density at radius 2 is 1.03 bits per heavy atom. The highest BCUT2D eigenvalue weighted by Crippen LogP contribution is 2.23. The van der Waals surface area contributed by atoms with Gasteiger partial charge in [0, 0.05) is 0 Å². The average molecular weight is 439 g/mol. The third kappa shape index (κ3) is 22.5. The van der Waals surface area contributed by atoms with Gasteiger partial charge in [0.05, 0.1) is 12.5 Å². The number of ether oxygens (including phenoxy) is 1. The molecule has 0 aromatic heterocycles. The van der Waals surface area contributed by atoms with Crippen LogP contribution < -0.4 is 0 Å². The molecule has 1 unspecified atom stereocenters. The van der Waals surface area contributed by atoms with E-state index in [1.165, 1.54) is 109 Å². The molecule has 0 saturated carbocycles. The summed E-state index contributed by atoms with van der Waals surface area (Å²) >= 11 is 0. The lowest BCUT2D eigenvalue weighted by Gasteiger charge is -2.18. The topological polar surface area (TPSA) is 26.3 Å². The number of carbonyl (C=O) groups is 1. The molecule has 186 valence electrons. The van der Waals surface area contributed by atoms with Crippen molar-refractivity contribution in [3.05, 3.63) is 0 Å². The summed E-state index contributed by atoms with van der Waals surface area (Å²) in [6, 6.07) is 0. The van der Waals surface area contributed by atoms with Gasteiger partial charge in [-0.3, -0.25) is 4.79 Å². The maximum absolute atomic E-state index is 12.7. The van der Waals surface area contributed by atoms with Crippen molar-refractivity contribution >= 4 is 5.97 Å². The molecule has 0 amide bonds. The molecule has 0 saturated heterocycles. The SMILES string of the molecule is CCCCCCCCCCC(CCCCCCCC)C(=O)OCCCCCC(C)(C)C. The van der Waals surface area contributed by atoms with E-state index in [9.17, 15) is 4.79 Å². The van der Waals surface area contributed by atoms with Crippen molar-refractivity contribution in [1.29, 1.82) is 0 Å². The summed E-state index contributed by atoms with van der Waals surface area (Å²) in [5, 5.41) is 0. The summed E-state index contributed by atoms with van der Waals surface area (Å²) in [4.78, 5) is 12.7. The molecule has 0 aromatic carbocycles. The first-order chi connectivity index (χ1) is 14.9. The van der Waals surface area contributed by atoms with Gasteiger partial charge in [0.15, 0.2) is 0 Å². The Morgan fingerprint density at radius 3 is 1.48 bits per heavy atom. The zero-order valence-electron chi connectivity index (χ0n) is 22.2. The van der Waals surface area contributed by atoms with Gasteiger partial charge < -0.3 is 4.74 Å². The molecule has 0 radical (unpaired) electrons. The minimum atomic E-state index is 0.0901. The van der Waals surface area contributed by atoms with Gasteiger partial charge in [-0.15, -0.1) is 0 Å². The minimum absolute atomic E-state index is 0.0901. The second kappa shape index (κ2) is 21.3. The van der Waals surface area contributed by atoms with E-state index in [0.717, 1.165) is 19.3 Å². The highest BCUT2D eigenvalue weighted by Gasteiger charge is 2.19. The largest absolute Gasteiger partial charge is 0.465 e. The number of rotatable bonds is 22. The van der Waals surface area contributed by atoms with Crippen LogP contribution in [0.5, 0.6) is 0 Å². The van der Waals surface area contributed by atoms with Crippen LogP contribution in [0.4, 0.5) is 0 Å². The van der Waals surface area contributed by atoms with Gasteiger partial charge in [-0.1, -0.05) is 137 Å². The van der Waals surface area contributed by atoms with Crippen molar-refractivity contribution in [2.75, 3.05) is 6.61 Å². The maximum atomic E-state index is 12.7. The molecule has 0 N–H and O–H groups in total. The van der Waals surface area contributed by atoms with Crippen LogP contribution in [-0.4, -0.2) is 12.6 Å². The predicted molar refractivity (Wildman–Crippen MR) is 138 cm³/mol. The molecule has 0 bridgehead atoms. The minimum Gasteiger partial charge on any atom is -0.465 e. The molecule has 0 heterocycles. The fourth-order valence-corrected chi connectivity index (χ4v) is 4.30. The first-order valence-electron chi connectivity index (χ1n) is 14.1. The number of carbonyl (C=O) groups excluding carboxylic acids is 1. The number of esters is 1. The molecule has 0 spiro atoms. The monoisotopic (exact) mass is 438 g/mol. The van der Waals surface area contributed by atoms with Crippen LogP contribution in [0.1, 0.15) is 163 Å². The van der Waals surface area contributed by atoms with Gasteiger partial charge in [0.2, 0.25) is 0 Å². The quantitative estimate of drug-likeness (QED) is 0.124. The highest BCUT2D eigenvalue weighted by atomic mass is 16.5. The van der Waals surface area contributed by atoms with Crippen molar-refractivity contribution in [3.8, 4) is 0 Å². The Hall–Kier alpha value is -0.530. The normalized spacial score (nSPS) is 12.8. The van der Waals surface area contributed by atoms with Gasteiger partial charge in [-0.25, -0.2) is 0 Å². The van der Waals surface area contributed by atoms with E-state index in [2.05, 4.69) is 34.6 Å². The number of unbranched alkanes of at least 4 members (excludes halogenated alkanes) is 14. The highest BCUT2D eigenvalue weighted by molar-refractivity contribution is 5.72. The van der Waals surface area contributed by atoms with Crippen LogP contribution >= 0.6 is 0 Å². The van der Waals surface area contributed by atoms with E-state index in [0.29, 0.717) is 12.0 Å². The van der Waals surface area contributed by atoms with Gasteiger partial charge in [-0.05, 0) is 31.1 Å². The van der Waals surface area contributed by atoms with Crippen LogP contribution in [0.3, 0.4) is 0 Å². The third-order valence-electron chi connectivity index (χ3n) is 6.46. The number of hydrogen-bond acceptors (Lipinski definition) is 2. The Kier molecular flexibility index (Phi) is 21.0. The molecular formula is C29H58O2. The molecule has 0 fully saturated rings. The van der Waals surface area contributed by atoms with Crippen LogP contribution in [-0.2, 0) is 9.53 Å². The van der Waals surface area contributed by atoms with Crippen LogP contribution in [0.15, 0.2) is 0 Å². The first-order valence-corrected chi connectivity index (χ1v) is 14.1. The lowest BCUT2D eigenvalue weighted by molar-refractivity contribution is -0.149. The van der Waals surface area contributed by atoms with E-state index >= 15 is 0 Å². The molecule has 0 aromatic rings. The Balaban J connectivity index is 4.09. The zero-order chi connectivity index (χ0) is 23.2. The van der Waals surface area contributed by atoms with Gasteiger partial charge in [-0.2, -0.15) is 0 Å². The van der Waals surface area contributed by atoms with Crippen LogP contribution in [0.2, 0.25) is 0 Å². The third-order valence-corrected chi connectivity index (χ3v) is 6.46. The molecule has 31 heavy (non-hydrogen) atoms. The van der Waals surface area contributed by atoms with E-state index < -0.39 is 0 Å². The van der Waals surface area contributed by atoms with Crippen molar-refractivity contribution in [1.82, 2.24) is 0 Å². The standard InChI is InChI=1S/C29H58O2/c1-6-8-10-12-14-15-17-20-24-27(23-19-16-13-11-9-7-2)28(30)31-26-22-18-21-25-29(3,4)5/h27H,6-26H2,1-5H3. The summed E-state index contributed by atoms with van der Waals surface area (Å²) in [6.45, 7) is 12.0. The Bertz CT molecular complexity index is 383. The molecule has 1 atom stereocenters. The lowest BCUT2D eigenvalue weighted by Crippen LogP contribution is -2.18. The van der Waals surface area contributed by atoms with Crippen molar-refractivity contribution in [2.24, 2.45) is 11.3 Å². The second-order valence-corrected chi connectivity index (χ2v) is 11.1. The average Bonchev–Trinajstić information content (AvgIpc) is 2.72. The molecular weight excluding hydrogens is 380 g/mol. The van der Waals surface area contributed by atoms with Crippen molar-refractivity contribution in [2.45, 2.75) is 163 Å². The van der Waals surface area contributed by atoms with Crippen LogP contribution in [0, 0.1) is 11.3 Å². The van der Waals surface area contributed by atoms with Gasteiger partial charge >= 0.3 is 5.97 Å². The maximum Gasteiger partial charge on any atom is 0.308 e. The van der Waals surface area contributed by atoms with E-state index in [-0.39, 0.29) is 11.9 Å². The molecule has 0 aliphatic rings. The second-order valence-electron chi connectivity index (χ2n) is 11.1. The molecule has 0 aliphatic carbocycles. The van der Waals surface area contributed by atoms with E-state index in [1.54, 1.807) is 0 Å². The molecule has 2 nitrogen and oxygen atoms in total. The first kappa shape index (κ1) is 30.5. The Morgan fingerprint density at radius 1 is 0.613 bits per heavy atom. The fraction of sp³-hybridized carbons (Fsp3) is 0.966. The Labute approximate surface area is 196 Å². The van der Waals surface area contributed by atoms with Gasteiger partial charge in [0.1, 0.15) is 0 Å². The molecule has 2 heteroatoms. The molecule has 0 aliphatic heterocycles. The summed E-state index contributed by atoms with van der Waals surface area (Å²) in [5.41, 5.74) is 0.412. The number of hydrogen-bond donors (Lipinski definition) is 0. The fourth-order valence-electron chi connectivity index (χ4n) is 4.30. The van der Waals surface area contributed by atoms with E-state index in [4.69, 9.17) is 4.74 Å². The summed E-state index contributed by atoms with van der Waals surface area (Å²) in [5.74, 6) is 0.230. The van der Waals surface area contributed by atoms with E-state index in [1.807, 2.05) is 0 Å². The molecule has 0 rings (SSSR count). The summed E-state index contributed by atoms with van der Waals surface area (Å²) in [7, 11) is 0. The smallest absolute Gasteiger partial charge is 0.308 e. The summed E-state index contributed by atoms with van der Waals surface area (Å²) < 4.78 is 5.72. The van der Waals surface area contributed by atoms with Gasteiger partial charge in [0.25, 0.3) is 0 Å². The van der Waals surface area contributed by atoms with Crippen molar-refractivity contribution in [3.63, 3.8) is 0 Å². The van der Waals surface area contributed by atoms with Crippen molar-refractivity contribution < 1.29 is 9.53 Å². The van der Waals surface area contributed by atoms with Crippen LogP contribution in [0.25, 0.3) is 0 Å².